The van der Waals surface area contributed by atoms with Crippen LogP contribution in [0.4, 0.5) is 29.5 Å². The number of para-hydroxylation sites is 1. The average molecular weight is 397 g/mol. The standard InChI is InChI=1S/C17H18F3N5O3/c1-11-8-15(22-24(11)10-17(18,19)20)21-16(26)23(13-6-7-13)9-12-4-2-3-5-14(12)25(27)28/h2-5,8,13H,6-7,9-10H2,1H3,(H,21,22,26). The molecule has 28 heavy (non-hydrogen) atoms. The second-order valence-corrected chi connectivity index (χ2v) is 6.62. The summed E-state index contributed by atoms with van der Waals surface area (Å²) in [4.78, 5) is 24.8. The van der Waals surface area contributed by atoms with Gasteiger partial charge in [0.15, 0.2) is 5.82 Å². The number of nitro benzene ring substituents is 1. The molecule has 0 spiro atoms. The number of nitrogens with one attached hydrogen (secondary N) is 1. The van der Waals surface area contributed by atoms with Gasteiger partial charge in [0.1, 0.15) is 6.54 Å². The minimum absolute atomic E-state index is 0.0000357. The van der Waals surface area contributed by atoms with Gasteiger partial charge in [-0.2, -0.15) is 18.3 Å². The van der Waals surface area contributed by atoms with E-state index in [1.54, 1.807) is 18.2 Å². The van der Waals surface area contributed by atoms with E-state index in [1.165, 1.54) is 24.0 Å². The third kappa shape index (κ3) is 4.78. The van der Waals surface area contributed by atoms with Gasteiger partial charge in [-0.05, 0) is 19.8 Å². The van der Waals surface area contributed by atoms with Crippen LogP contribution in [0, 0.1) is 17.0 Å². The van der Waals surface area contributed by atoms with Crippen LogP contribution in [-0.2, 0) is 13.1 Å². The molecule has 0 atom stereocenters. The lowest BCUT2D eigenvalue weighted by atomic mass is 10.1. The fraction of sp³-hybridized carbons (Fsp3) is 0.412. The zero-order valence-corrected chi connectivity index (χ0v) is 14.9. The first kappa shape index (κ1) is 19.6. The first-order valence-electron chi connectivity index (χ1n) is 8.55. The summed E-state index contributed by atoms with van der Waals surface area (Å²) in [5, 5.41) is 17.5. The van der Waals surface area contributed by atoms with Crippen LogP contribution in [0.2, 0.25) is 0 Å². The molecule has 150 valence electrons. The number of aryl methyl sites for hydroxylation is 1. The summed E-state index contributed by atoms with van der Waals surface area (Å²) < 4.78 is 38.5. The van der Waals surface area contributed by atoms with E-state index >= 15 is 0 Å². The molecule has 1 aliphatic carbocycles. The van der Waals surface area contributed by atoms with E-state index in [-0.39, 0.29) is 29.8 Å². The number of carbonyl (C=O) groups is 1. The summed E-state index contributed by atoms with van der Waals surface area (Å²) in [6.07, 6.45) is -2.91. The molecule has 0 saturated heterocycles. The molecule has 0 unspecified atom stereocenters. The molecule has 0 radical (unpaired) electrons. The highest BCUT2D eigenvalue weighted by molar-refractivity contribution is 5.88. The Kier molecular flexibility index (Phi) is 5.25. The highest BCUT2D eigenvalue weighted by Gasteiger charge is 2.34. The third-order valence-corrected chi connectivity index (χ3v) is 4.32. The molecule has 1 saturated carbocycles. The number of hydrogen-bond acceptors (Lipinski definition) is 4. The van der Waals surface area contributed by atoms with E-state index in [0.717, 1.165) is 17.5 Å². The van der Waals surface area contributed by atoms with Crippen molar-refractivity contribution < 1.29 is 22.9 Å². The number of nitro groups is 1. The van der Waals surface area contributed by atoms with Crippen molar-refractivity contribution in [2.24, 2.45) is 0 Å². The first-order chi connectivity index (χ1) is 13.1. The van der Waals surface area contributed by atoms with Gasteiger partial charge in [0.25, 0.3) is 5.69 Å². The molecule has 0 aliphatic heterocycles. The number of carbonyl (C=O) groups excluding carboxylic acids is 1. The number of hydrogen-bond donors (Lipinski definition) is 1. The molecule has 1 heterocycles. The van der Waals surface area contributed by atoms with E-state index in [2.05, 4.69) is 10.4 Å². The van der Waals surface area contributed by atoms with Crippen LogP contribution in [0.15, 0.2) is 30.3 Å². The first-order valence-corrected chi connectivity index (χ1v) is 8.55. The topological polar surface area (TPSA) is 93.3 Å². The number of anilines is 1. The number of alkyl halides is 3. The van der Waals surface area contributed by atoms with E-state index in [9.17, 15) is 28.1 Å². The smallest absolute Gasteiger partial charge is 0.317 e. The highest BCUT2D eigenvalue weighted by Crippen LogP contribution is 2.31. The number of amides is 2. The van der Waals surface area contributed by atoms with Gasteiger partial charge in [-0.15, -0.1) is 0 Å². The van der Waals surface area contributed by atoms with Crippen molar-refractivity contribution in [1.29, 1.82) is 0 Å². The number of urea groups is 1. The normalized spacial score (nSPS) is 14.0. The molecule has 8 nitrogen and oxygen atoms in total. The molecule has 1 aromatic carbocycles. The summed E-state index contributed by atoms with van der Waals surface area (Å²) in [5.74, 6) is -0.0000357. The average Bonchev–Trinajstić information content (AvgIpc) is 3.37. The van der Waals surface area contributed by atoms with Gasteiger partial charge < -0.3 is 4.90 Å². The Balaban J connectivity index is 1.75. The van der Waals surface area contributed by atoms with Gasteiger partial charge in [0.05, 0.1) is 11.5 Å². The highest BCUT2D eigenvalue weighted by atomic mass is 19.4. The van der Waals surface area contributed by atoms with Crippen LogP contribution in [0.3, 0.4) is 0 Å². The van der Waals surface area contributed by atoms with Gasteiger partial charge in [-0.3, -0.25) is 20.1 Å². The van der Waals surface area contributed by atoms with Gasteiger partial charge >= 0.3 is 12.2 Å². The van der Waals surface area contributed by atoms with E-state index in [0.29, 0.717) is 5.56 Å². The van der Waals surface area contributed by atoms with E-state index in [4.69, 9.17) is 0 Å². The lowest BCUT2D eigenvalue weighted by molar-refractivity contribution is -0.385. The van der Waals surface area contributed by atoms with Crippen LogP contribution >= 0.6 is 0 Å². The molecular formula is C17H18F3N5O3. The van der Waals surface area contributed by atoms with Crippen LogP contribution in [0.5, 0.6) is 0 Å². The van der Waals surface area contributed by atoms with Crippen molar-refractivity contribution >= 4 is 17.5 Å². The number of aromatic nitrogens is 2. The Morgan fingerprint density at radius 1 is 1.39 bits per heavy atom. The Morgan fingerprint density at radius 3 is 2.68 bits per heavy atom. The van der Waals surface area contributed by atoms with Crippen LogP contribution < -0.4 is 5.32 Å². The maximum Gasteiger partial charge on any atom is 0.408 e. The van der Waals surface area contributed by atoms with Crippen molar-refractivity contribution in [2.45, 2.75) is 45.1 Å². The third-order valence-electron chi connectivity index (χ3n) is 4.32. The number of benzene rings is 1. The van der Waals surface area contributed by atoms with Gasteiger partial charge in [0.2, 0.25) is 0 Å². The molecule has 3 rings (SSSR count). The number of rotatable bonds is 6. The van der Waals surface area contributed by atoms with E-state index < -0.39 is 23.7 Å². The van der Waals surface area contributed by atoms with Crippen LogP contribution in [0.1, 0.15) is 24.1 Å². The Labute approximate surface area is 158 Å². The van der Waals surface area contributed by atoms with Gasteiger partial charge in [0, 0.05) is 29.4 Å². The summed E-state index contributed by atoms with van der Waals surface area (Å²) in [7, 11) is 0. The Hall–Kier alpha value is -3.11. The number of halogens is 3. The lowest BCUT2D eigenvalue weighted by Crippen LogP contribution is -2.36. The van der Waals surface area contributed by atoms with Crippen molar-refractivity contribution in [2.75, 3.05) is 5.32 Å². The molecule has 11 heteroatoms. The van der Waals surface area contributed by atoms with Crippen molar-refractivity contribution in [3.8, 4) is 0 Å². The minimum Gasteiger partial charge on any atom is -0.317 e. The maximum atomic E-state index is 12.7. The van der Waals surface area contributed by atoms with Crippen molar-refractivity contribution in [1.82, 2.24) is 14.7 Å². The zero-order chi connectivity index (χ0) is 20.5. The Bertz CT molecular complexity index is 892. The van der Waals surface area contributed by atoms with Crippen molar-refractivity contribution in [3.63, 3.8) is 0 Å². The summed E-state index contributed by atoms with van der Waals surface area (Å²) in [5.41, 5.74) is 0.545. The second-order valence-electron chi connectivity index (χ2n) is 6.62. The minimum atomic E-state index is -4.43. The molecule has 1 N–H and O–H groups in total. The van der Waals surface area contributed by atoms with E-state index in [1.807, 2.05) is 0 Å². The fourth-order valence-corrected chi connectivity index (χ4v) is 2.84. The Morgan fingerprint density at radius 2 is 2.07 bits per heavy atom. The quantitative estimate of drug-likeness (QED) is 0.592. The second kappa shape index (κ2) is 7.49. The molecule has 1 aliphatic rings. The molecule has 2 amide bonds. The summed E-state index contributed by atoms with van der Waals surface area (Å²) in [6, 6.07) is 6.84. The predicted molar refractivity (Wildman–Crippen MR) is 93.7 cm³/mol. The van der Waals surface area contributed by atoms with Crippen molar-refractivity contribution in [3.05, 3.63) is 51.7 Å². The van der Waals surface area contributed by atoms with Gasteiger partial charge in [-0.25, -0.2) is 4.79 Å². The monoisotopic (exact) mass is 397 g/mol. The molecular weight excluding hydrogens is 379 g/mol. The largest absolute Gasteiger partial charge is 0.408 e. The summed E-state index contributed by atoms with van der Waals surface area (Å²) in [6.45, 7) is 0.230. The van der Waals surface area contributed by atoms with Crippen LogP contribution in [-0.4, -0.2) is 37.9 Å². The molecule has 0 bridgehead atoms. The maximum absolute atomic E-state index is 12.7. The summed E-state index contributed by atoms with van der Waals surface area (Å²) >= 11 is 0. The SMILES string of the molecule is Cc1cc(NC(=O)N(Cc2ccccc2[N+](=O)[O-])C2CC2)nn1CC(F)(F)F. The van der Waals surface area contributed by atoms with Crippen LogP contribution in [0.25, 0.3) is 0 Å². The van der Waals surface area contributed by atoms with Gasteiger partial charge in [-0.1, -0.05) is 18.2 Å². The molecule has 2 aromatic rings. The fourth-order valence-electron chi connectivity index (χ4n) is 2.84. The lowest BCUT2D eigenvalue weighted by Gasteiger charge is -2.22. The molecule has 1 aromatic heterocycles. The predicted octanol–water partition coefficient (Wildman–Crippen LogP) is 3.86. The number of nitrogens with zero attached hydrogens (tertiary/aromatic N) is 4. The molecule has 1 fully saturated rings. The zero-order valence-electron chi connectivity index (χ0n) is 14.9.